The van der Waals surface area contributed by atoms with Gasteiger partial charge in [-0.2, -0.15) is 0 Å². The van der Waals surface area contributed by atoms with Crippen LogP contribution in [0.4, 0.5) is 0 Å². The standard InChI is InChI=1S/C10H16O.C4H10O/c1-7(2)8-4-5-10(3)9(6-8)11-10;1-3-5-4-2/h8-9H,1,4-6H2,2-3H3;3-4H2,1-2H3. The number of hydrogen-bond acceptors (Lipinski definition) is 2. The summed E-state index contributed by atoms with van der Waals surface area (Å²) >= 11 is 0. The lowest BCUT2D eigenvalue weighted by Crippen LogP contribution is -2.21. The van der Waals surface area contributed by atoms with Gasteiger partial charge in [-0.15, -0.1) is 0 Å². The average Bonchev–Trinajstić information content (AvgIpc) is 2.90. The lowest BCUT2D eigenvalue weighted by molar-refractivity contribution is 0.162. The maximum atomic E-state index is 5.60. The molecule has 2 aliphatic rings. The lowest BCUT2D eigenvalue weighted by atomic mass is 9.80. The van der Waals surface area contributed by atoms with Crippen molar-refractivity contribution in [3.05, 3.63) is 12.2 Å². The highest BCUT2D eigenvalue weighted by molar-refractivity contribution is 5.10. The third-order valence-electron chi connectivity index (χ3n) is 3.63. The minimum atomic E-state index is 0.270. The molecule has 2 heteroatoms. The minimum Gasteiger partial charge on any atom is -0.382 e. The van der Waals surface area contributed by atoms with Crippen molar-refractivity contribution in [2.75, 3.05) is 13.2 Å². The van der Waals surface area contributed by atoms with E-state index in [1.54, 1.807) is 0 Å². The molecule has 1 saturated carbocycles. The molecule has 2 fully saturated rings. The third-order valence-corrected chi connectivity index (χ3v) is 3.63. The maximum Gasteiger partial charge on any atom is 0.0920 e. The predicted octanol–water partition coefficient (Wildman–Crippen LogP) is 3.56. The Labute approximate surface area is 100 Å². The van der Waals surface area contributed by atoms with Gasteiger partial charge in [0, 0.05) is 13.2 Å². The van der Waals surface area contributed by atoms with Gasteiger partial charge in [0.15, 0.2) is 0 Å². The molecule has 0 aromatic rings. The van der Waals surface area contributed by atoms with Gasteiger partial charge in [0.1, 0.15) is 0 Å². The average molecular weight is 226 g/mol. The molecular formula is C14H26O2. The van der Waals surface area contributed by atoms with Crippen molar-refractivity contribution in [2.24, 2.45) is 5.92 Å². The van der Waals surface area contributed by atoms with E-state index in [9.17, 15) is 0 Å². The van der Waals surface area contributed by atoms with Crippen LogP contribution < -0.4 is 0 Å². The van der Waals surface area contributed by atoms with Crippen molar-refractivity contribution in [1.82, 2.24) is 0 Å². The molecular weight excluding hydrogens is 200 g/mol. The van der Waals surface area contributed by atoms with Gasteiger partial charge in [0.25, 0.3) is 0 Å². The zero-order valence-corrected chi connectivity index (χ0v) is 11.2. The van der Waals surface area contributed by atoms with E-state index in [0.29, 0.717) is 6.10 Å². The van der Waals surface area contributed by atoms with Crippen LogP contribution in [0.1, 0.15) is 47.0 Å². The van der Waals surface area contributed by atoms with E-state index < -0.39 is 0 Å². The zero-order chi connectivity index (χ0) is 12.2. The number of allylic oxidation sites excluding steroid dienone is 1. The molecule has 0 amide bonds. The Kier molecular flexibility index (Phi) is 5.00. The summed E-state index contributed by atoms with van der Waals surface area (Å²) in [6.07, 6.45) is 4.28. The van der Waals surface area contributed by atoms with Crippen molar-refractivity contribution in [3.8, 4) is 0 Å². The van der Waals surface area contributed by atoms with Gasteiger partial charge in [0.2, 0.25) is 0 Å². The number of rotatable bonds is 3. The lowest BCUT2D eigenvalue weighted by Gasteiger charge is -2.22. The van der Waals surface area contributed by atoms with Crippen molar-refractivity contribution in [3.63, 3.8) is 0 Å². The van der Waals surface area contributed by atoms with E-state index in [2.05, 4.69) is 20.4 Å². The van der Waals surface area contributed by atoms with E-state index >= 15 is 0 Å². The summed E-state index contributed by atoms with van der Waals surface area (Å²) in [4.78, 5) is 0. The highest BCUT2D eigenvalue weighted by Gasteiger charge is 2.55. The van der Waals surface area contributed by atoms with Crippen molar-refractivity contribution in [1.29, 1.82) is 0 Å². The van der Waals surface area contributed by atoms with Crippen molar-refractivity contribution in [2.45, 2.75) is 58.7 Å². The van der Waals surface area contributed by atoms with Gasteiger partial charge < -0.3 is 9.47 Å². The number of epoxide rings is 1. The van der Waals surface area contributed by atoms with Gasteiger partial charge in [-0.1, -0.05) is 12.2 Å². The summed E-state index contributed by atoms with van der Waals surface area (Å²) in [7, 11) is 0. The summed E-state index contributed by atoms with van der Waals surface area (Å²) < 4.78 is 10.4. The predicted molar refractivity (Wildman–Crippen MR) is 67.6 cm³/mol. The minimum absolute atomic E-state index is 0.270. The molecule has 94 valence electrons. The molecule has 1 aliphatic carbocycles. The summed E-state index contributed by atoms with van der Waals surface area (Å²) in [6, 6.07) is 0. The maximum absolute atomic E-state index is 5.60. The summed E-state index contributed by atoms with van der Waals surface area (Å²) in [5, 5.41) is 0. The Bertz CT molecular complexity index is 235. The fourth-order valence-corrected chi connectivity index (χ4v) is 2.30. The first kappa shape index (κ1) is 13.7. The van der Waals surface area contributed by atoms with Gasteiger partial charge in [-0.3, -0.25) is 0 Å². The van der Waals surface area contributed by atoms with Crippen LogP contribution in [0.15, 0.2) is 12.2 Å². The molecule has 0 spiro atoms. The van der Waals surface area contributed by atoms with E-state index in [4.69, 9.17) is 9.47 Å². The second-order valence-corrected chi connectivity index (χ2v) is 5.02. The quantitative estimate of drug-likeness (QED) is 0.542. The first-order chi connectivity index (χ1) is 7.53. The van der Waals surface area contributed by atoms with Crippen LogP contribution in [0.25, 0.3) is 0 Å². The van der Waals surface area contributed by atoms with E-state index in [1.165, 1.54) is 24.8 Å². The monoisotopic (exact) mass is 226 g/mol. The van der Waals surface area contributed by atoms with Crippen LogP contribution in [-0.4, -0.2) is 24.9 Å². The summed E-state index contributed by atoms with van der Waals surface area (Å²) in [5.41, 5.74) is 1.61. The van der Waals surface area contributed by atoms with Crippen LogP contribution >= 0.6 is 0 Å². The Balaban J connectivity index is 0.000000221. The van der Waals surface area contributed by atoms with E-state index in [1.807, 2.05) is 13.8 Å². The van der Waals surface area contributed by atoms with E-state index in [-0.39, 0.29) is 5.60 Å². The fraction of sp³-hybridized carbons (Fsp3) is 0.857. The second-order valence-electron chi connectivity index (χ2n) is 5.02. The van der Waals surface area contributed by atoms with Crippen LogP contribution in [-0.2, 0) is 9.47 Å². The molecule has 0 radical (unpaired) electrons. The zero-order valence-electron chi connectivity index (χ0n) is 11.2. The number of ether oxygens (including phenoxy) is 2. The molecule has 0 aromatic heterocycles. The first-order valence-electron chi connectivity index (χ1n) is 6.44. The molecule has 2 rings (SSSR count). The molecule has 2 nitrogen and oxygen atoms in total. The Hall–Kier alpha value is -0.340. The molecule has 1 saturated heterocycles. The Morgan fingerprint density at radius 3 is 2.44 bits per heavy atom. The number of fused-ring (bicyclic) bond motifs is 1. The van der Waals surface area contributed by atoms with E-state index in [0.717, 1.165) is 19.1 Å². The highest BCUT2D eigenvalue weighted by Crippen LogP contribution is 2.50. The molecule has 3 unspecified atom stereocenters. The van der Waals surface area contributed by atoms with Crippen LogP contribution in [0, 0.1) is 5.92 Å². The molecule has 3 atom stereocenters. The second kappa shape index (κ2) is 5.83. The molecule has 1 aliphatic heterocycles. The first-order valence-corrected chi connectivity index (χ1v) is 6.44. The van der Waals surface area contributed by atoms with Gasteiger partial charge in [-0.05, 0) is 52.9 Å². The van der Waals surface area contributed by atoms with Crippen LogP contribution in [0.5, 0.6) is 0 Å². The molecule has 16 heavy (non-hydrogen) atoms. The number of hydrogen-bond donors (Lipinski definition) is 0. The third kappa shape index (κ3) is 3.60. The molecule has 1 heterocycles. The van der Waals surface area contributed by atoms with Crippen LogP contribution in [0.2, 0.25) is 0 Å². The normalized spacial score (nSPS) is 35.8. The van der Waals surface area contributed by atoms with Gasteiger partial charge >= 0.3 is 0 Å². The van der Waals surface area contributed by atoms with Crippen molar-refractivity contribution >= 4 is 0 Å². The van der Waals surface area contributed by atoms with Gasteiger partial charge in [0.05, 0.1) is 11.7 Å². The SMILES string of the molecule is C=C(C)C1CCC2(C)OC2C1.CCOCC. The van der Waals surface area contributed by atoms with Crippen LogP contribution in [0.3, 0.4) is 0 Å². The fourth-order valence-electron chi connectivity index (χ4n) is 2.30. The topological polar surface area (TPSA) is 21.8 Å². The summed E-state index contributed by atoms with van der Waals surface area (Å²) in [6.45, 7) is 14.0. The smallest absolute Gasteiger partial charge is 0.0920 e. The molecule has 0 aromatic carbocycles. The van der Waals surface area contributed by atoms with Gasteiger partial charge in [-0.25, -0.2) is 0 Å². The van der Waals surface area contributed by atoms with Crippen molar-refractivity contribution < 1.29 is 9.47 Å². The molecule has 0 N–H and O–H groups in total. The largest absolute Gasteiger partial charge is 0.382 e. The summed E-state index contributed by atoms with van der Waals surface area (Å²) in [5.74, 6) is 0.732. The Morgan fingerprint density at radius 2 is 2.06 bits per heavy atom. The highest BCUT2D eigenvalue weighted by atomic mass is 16.6. The molecule has 0 bridgehead atoms. The Morgan fingerprint density at radius 1 is 1.44 bits per heavy atom.